The van der Waals surface area contributed by atoms with Crippen LogP contribution >= 0.6 is 0 Å². The summed E-state index contributed by atoms with van der Waals surface area (Å²) in [7, 11) is 0. The number of nitrogens with one attached hydrogen (secondary N) is 1. The number of nitriles is 1. The molecular formula is C16H30N2O. The van der Waals surface area contributed by atoms with Gasteiger partial charge in [-0.1, -0.05) is 32.6 Å². The van der Waals surface area contributed by atoms with Crippen molar-refractivity contribution in [2.45, 2.75) is 83.3 Å². The lowest BCUT2D eigenvalue weighted by Gasteiger charge is -2.22. The molecule has 1 atom stereocenters. The molecule has 1 aliphatic carbocycles. The van der Waals surface area contributed by atoms with Crippen LogP contribution in [0.3, 0.4) is 0 Å². The Morgan fingerprint density at radius 2 is 1.89 bits per heavy atom. The summed E-state index contributed by atoms with van der Waals surface area (Å²) in [5, 5.41) is 12.4. The van der Waals surface area contributed by atoms with E-state index in [2.05, 4.69) is 11.4 Å². The molecule has 3 nitrogen and oxygen atoms in total. The maximum absolute atomic E-state index is 9.16. The van der Waals surface area contributed by atoms with Crippen LogP contribution in [0.4, 0.5) is 0 Å². The van der Waals surface area contributed by atoms with Crippen molar-refractivity contribution >= 4 is 0 Å². The molecule has 1 rings (SSSR count). The van der Waals surface area contributed by atoms with E-state index in [4.69, 9.17) is 10.00 Å². The van der Waals surface area contributed by atoms with Crippen molar-refractivity contribution in [2.24, 2.45) is 0 Å². The predicted molar refractivity (Wildman–Crippen MR) is 79.0 cm³/mol. The lowest BCUT2D eigenvalue weighted by molar-refractivity contribution is 0.0403. The van der Waals surface area contributed by atoms with Crippen molar-refractivity contribution in [2.75, 3.05) is 13.2 Å². The van der Waals surface area contributed by atoms with Crippen LogP contribution in [0.5, 0.6) is 0 Å². The van der Waals surface area contributed by atoms with Crippen LogP contribution in [-0.2, 0) is 4.74 Å². The summed E-state index contributed by atoms with van der Waals surface area (Å²) in [4.78, 5) is 0. The van der Waals surface area contributed by atoms with E-state index in [1.165, 1.54) is 38.5 Å². The molecule has 0 aromatic rings. The molecule has 1 unspecified atom stereocenters. The van der Waals surface area contributed by atoms with Gasteiger partial charge in [-0.15, -0.1) is 0 Å². The van der Waals surface area contributed by atoms with E-state index in [0.717, 1.165) is 32.4 Å². The average molecular weight is 266 g/mol. The molecule has 0 bridgehead atoms. The van der Waals surface area contributed by atoms with Gasteiger partial charge >= 0.3 is 0 Å². The van der Waals surface area contributed by atoms with E-state index < -0.39 is 0 Å². The summed E-state index contributed by atoms with van der Waals surface area (Å²) in [6, 6.07) is 2.38. The van der Waals surface area contributed by atoms with Crippen LogP contribution in [0, 0.1) is 11.3 Å². The number of hydrogen-bond acceptors (Lipinski definition) is 3. The van der Waals surface area contributed by atoms with Gasteiger partial charge < -0.3 is 4.74 Å². The third kappa shape index (κ3) is 6.94. The highest BCUT2D eigenvalue weighted by molar-refractivity contribution is 5.03. The highest BCUT2D eigenvalue weighted by Gasteiger charge is 2.21. The van der Waals surface area contributed by atoms with Gasteiger partial charge in [0.1, 0.15) is 5.54 Å². The Morgan fingerprint density at radius 3 is 2.47 bits per heavy atom. The van der Waals surface area contributed by atoms with Crippen LogP contribution in [0.1, 0.15) is 71.6 Å². The molecule has 1 N–H and O–H groups in total. The molecule has 0 heterocycles. The monoisotopic (exact) mass is 266 g/mol. The molecule has 0 spiro atoms. The molecule has 1 saturated carbocycles. The third-order valence-electron chi connectivity index (χ3n) is 4.04. The molecule has 1 aliphatic rings. The standard InChI is InChI=1S/C16H30N2O/c1-3-18-16(2,14-17)12-8-9-13-19-15-10-6-4-5-7-11-15/h15,18H,3-13H2,1-2H3. The van der Waals surface area contributed by atoms with E-state index in [1.54, 1.807) is 0 Å². The highest BCUT2D eigenvalue weighted by Crippen LogP contribution is 2.20. The largest absolute Gasteiger partial charge is 0.378 e. The van der Waals surface area contributed by atoms with Crippen LogP contribution in [-0.4, -0.2) is 24.8 Å². The lowest BCUT2D eigenvalue weighted by atomic mass is 9.96. The quantitative estimate of drug-likeness (QED) is 0.537. The molecular weight excluding hydrogens is 236 g/mol. The van der Waals surface area contributed by atoms with Gasteiger partial charge in [-0.25, -0.2) is 0 Å². The smallest absolute Gasteiger partial charge is 0.103 e. The molecule has 1 fully saturated rings. The van der Waals surface area contributed by atoms with Crippen LogP contribution in [0.25, 0.3) is 0 Å². The maximum atomic E-state index is 9.16. The molecule has 0 amide bonds. The van der Waals surface area contributed by atoms with Gasteiger partial charge in [0.2, 0.25) is 0 Å². The first-order valence-electron chi connectivity index (χ1n) is 7.98. The fourth-order valence-corrected chi connectivity index (χ4v) is 2.81. The number of nitrogens with zero attached hydrogens (tertiary/aromatic N) is 1. The maximum Gasteiger partial charge on any atom is 0.103 e. The second-order valence-electron chi connectivity index (χ2n) is 5.92. The fraction of sp³-hybridized carbons (Fsp3) is 0.938. The molecule has 19 heavy (non-hydrogen) atoms. The molecule has 0 aromatic carbocycles. The van der Waals surface area contributed by atoms with Crippen LogP contribution < -0.4 is 5.32 Å². The Balaban J connectivity index is 2.08. The van der Waals surface area contributed by atoms with Crippen LogP contribution in [0.15, 0.2) is 0 Å². The lowest BCUT2D eigenvalue weighted by Crippen LogP contribution is -2.40. The van der Waals surface area contributed by atoms with Crippen molar-refractivity contribution in [1.82, 2.24) is 5.32 Å². The second kappa shape index (κ2) is 9.34. The summed E-state index contributed by atoms with van der Waals surface area (Å²) in [5.41, 5.74) is -0.364. The SMILES string of the molecule is CCNC(C)(C#N)CCCCOC1CCCCCC1. The number of hydrogen-bond donors (Lipinski definition) is 1. The zero-order valence-electron chi connectivity index (χ0n) is 12.7. The third-order valence-corrected chi connectivity index (χ3v) is 4.04. The van der Waals surface area contributed by atoms with Crippen LogP contribution in [0.2, 0.25) is 0 Å². The minimum atomic E-state index is -0.364. The summed E-state index contributed by atoms with van der Waals surface area (Å²) in [5.74, 6) is 0. The second-order valence-corrected chi connectivity index (χ2v) is 5.92. The first-order chi connectivity index (χ1) is 9.20. The van der Waals surface area contributed by atoms with Crippen molar-refractivity contribution < 1.29 is 4.74 Å². The molecule has 0 aliphatic heterocycles. The Hall–Kier alpha value is -0.590. The topological polar surface area (TPSA) is 45.0 Å². The summed E-state index contributed by atoms with van der Waals surface area (Å²) in [6.07, 6.45) is 11.4. The molecule has 0 aromatic heterocycles. The number of unbranched alkanes of at least 4 members (excludes halogenated alkanes) is 1. The molecule has 0 saturated heterocycles. The minimum absolute atomic E-state index is 0.364. The van der Waals surface area contributed by atoms with Crippen molar-refractivity contribution in [3.8, 4) is 6.07 Å². The van der Waals surface area contributed by atoms with Gasteiger partial charge in [-0.2, -0.15) is 5.26 Å². The Labute approximate surface area is 118 Å². The van der Waals surface area contributed by atoms with Crippen molar-refractivity contribution in [3.05, 3.63) is 0 Å². The Bertz CT molecular complexity index is 266. The van der Waals surface area contributed by atoms with Gasteiger partial charge in [-0.05, 0) is 45.6 Å². The summed E-state index contributed by atoms with van der Waals surface area (Å²) in [6.45, 7) is 5.74. The van der Waals surface area contributed by atoms with Crippen molar-refractivity contribution in [1.29, 1.82) is 5.26 Å². The van der Waals surface area contributed by atoms with E-state index in [9.17, 15) is 0 Å². The fourth-order valence-electron chi connectivity index (χ4n) is 2.81. The summed E-state index contributed by atoms with van der Waals surface area (Å²) >= 11 is 0. The van der Waals surface area contributed by atoms with E-state index in [0.29, 0.717) is 6.10 Å². The van der Waals surface area contributed by atoms with Gasteiger partial charge in [0.05, 0.1) is 12.2 Å². The number of rotatable bonds is 8. The van der Waals surface area contributed by atoms with Crippen molar-refractivity contribution in [3.63, 3.8) is 0 Å². The van der Waals surface area contributed by atoms with E-state index in [1.807, 2.05) is 13.8 Å². The predicted octanol–water partition coefficient (Wildman–Crippen LogP) is 3.79. The molecule has 3 heteroatoms. The van der Waals surface area contributed by atoms with Gasteiger partial charge in [0.25, 0.3) is 0 Å². The Kier molecular flexibility index (Phi) is 8.09. The summed E-state index contributed by atoms with van der Waals surface area (Å²) < 4.78 is 5.97. The highest BCUT2D eigenvalue weighted by atomic mass is 16.5. The average Bonchev–Trinajstić information content (AvgIpc) is 2.67. The van der Waals surface area contributed by atoms with E-state index in [-0.39, 0.29) is 5.54 Å². The molecule has 110 valence electrons. The van der Waals surface area contributed by atoms with Gasteiger partial charge in [0.15, 0.2) is 0 Å². The van der Waals surface area contributed by atoms with Gasteiger partial charge in [-0.3, -0.25) is 5.32 Å². The van der Waals surface area contributed by atoms with E-state index >= 15 is 0 Å². The number of ether oxygens (including phenoxy) is 1. The molecule has 0 radical (unpaired) electrons. The normalized spacial score (nSPS) is 20.5. The zero-order valence-corrected chi connectivity index (χ0v) is 12.7. The zero-order chi connectivity index (χ0) is 14.0. The first kappa shape index (κ1) is 16.5. The Morgan fingerprint density at radius 1 is 1.21 bits per heavy atom. The minimum Gasteiger partial charge on any atom is -0.378 e. The van der Waals surface area contributed by atoms with Gasteiger partial charge in [0, 0.05) is 6.61 Å². The first-order valence-corrected chi connectivity index (χ1v) is 7.98.